The number of nitrogens with two attached hydrogens (primary N) is 1. The molecule has 11 atom stereocenters. The van der Waals surface area contributed by atoms with E-state index in [9.17, 15) is 43.5 Å². The minimum Gasteiger partial charge on any atom is -0.460 e. The third kappa shape index (κ3) is 27.1. The lowest BCUT2D eigenvalue weighted by Gasteiger charge is -2.38. The van der Waals surface area contributed by atoms with Crippen LogP contribution in [0.15, 0.2) is 121 Å². The molecule has 5 N–H and O–H groups in total. The number of aliphatic hydroxyl groups excluding tert-OH is 1. The molecule has 5 aliphatic heterocycles. The Kier molecular flexibility index (Phi) is 36.3. The second kappa shape index (κ2) is 48.7. The zero-order chi connectivity index (χ0) is 94.0. The maximum atomic E-state index is 14.6. The lowest BCUT2D eigenvalue weighted by atomic mass is 9.83. The van der Waals surface area contributed by atoms with Gasteiger partial charge < -0.3 is 88.3 Å². The topological polar surface area (TPSA) is 418 Å². The molecule has 0 spiro atoms. The molecule has 1 aromatic carbocycles. The molecule has 11 heterocycles. The highest BCUT2D eigenvalue weighted by atomic mass is 16.6. The normalized spacial score (nSPS) is 24.9. The first-order valence-corrected chi connectivity index (χ1v) is 47.0. The minimum absolute atomic E-state index is 0.0113. The number of esters is 1. The number of Topliss-reactive ketones (excluding diaryl/α,β-unsaturated/α-hetero) is 3. The highest BCUT2D eigenvalue weighted by molar-refractivity contribution is 6.38. The van der Waals surface area contributed by atoms with E-state index in [1.54, 1.807) is 52.7 Å². The van der Waals surface area contributed by atoms with Crippen LogP contribution in [0.25, 0.3) is 33.3 Å². The van der Waals surface area contributed by atoms with Crippen LogP contribution in [0, 0.1) is 29.6 Å². The molecule has 4 amide bonds. The Morgan fingerprint density at radius 2 is 1.41 bits per heavy atom. The van der Waals surface area contributed by atoms with E-state index in [2.05, 4.69) is 68.3 Å². The smallest absolute Gasteiger partial charge is 0.410 e. The predicted molar refractivity (Wildman–Crippen MR) is 497 cm³/mol. The third-order valence-electron chi connectivity index (χ3n) is 26.3. The summed E-state index contributed by atoms with van der Waals surface area (Å²) >= 11 is 0. The van der Waals surface area contributed by atoms with Crippen molar-refractivity contribution in [3.63, 3.8) is 0 Å². The second-order valence-corrected chi connectivity index (χ2v) is 36.1. The summed E-state index contributed by atoms with van der Waals surface area (Å²) in [5.41, 5.74) is 15.0. The number of carbonyl (C=O) groups is 8. The molecule has 1 aliphatic carbocycles. The lowest BCUT2D eigenvalue weighted by Crippen LogP contribution is -2.55. The summed E-state index contributed by atoms with van der Waals surface area (Å²) in [6.45, 7) is 18.4. The lowest BCUT2D eigenvalue weighted by molar-refractivity contribution is -0.169. The van der Waals surface area contributed by atoms with Gasteiger partial charge in [-0.25, -0.2) is 49.2 Å². The second-order valence-electron chi connectivity index (χ2n) is 36.1. The summed E-state index contributed by atoms with van der Waals surface area (Å²) < 4.78 is 55.0. The summed E-state index contributed by atoms with van der Waals surface area (Å²) in [5.74, 6) is -2.91. The van der Waals surface area contributed by atoms with Crippen molar-refractivity contribution in [2.75, 3.05) is 135 Å². The predicted octanol–water partition coefficient (Wildman–Crippen LogP) is 10.3. The molecule has 133 heavy (non-hydrogen) atoms. The van der Waals surface area contributed by atoms with Crippen molar-refractivity contribution in [2.45, 2.75) is 213 Å². The van der Waals surface area contributed by atoms with Gasteiger partial charge in [-0.2, -0.15) is 5.10 Å². The monoisotopic (exact) mass is 1830 g/mol. The number of aromatic amines is 1. The molecule has 13 rings (SSSR count). The van der Waals surface area contributed by atoms with E-state index in [1.807, 2.05) is 90.9 Å². The van der Waals surface area contributed by atoms with E-state index < -0.39 is 66.0 Å². The number of H-pyrrole nitrogens is 1. The SMILES string of the molecule is CO[C@H]1CC2CC[C@@H](C)C(O2)C(=O)C(=O)N2CCCC[C@H]2C(=O)O[C@H](CCC2CCC(OC(=O)N(C)Cc3cnc(N4CCN(c5ncc(C(=O)NCCOCCOCCOCCOCCC(=O)N6CCc7cc(Cn8nc(-c9cnc%10[nH]ccc%10c9)c9c(N)ncnc98)ccc7C6)cn5)CC4)nc3)CC2)CC(=O)[C@H](C)/C=C(\C)[C@@H](O)[C@@H](OC)C(=O)[C@H](C)C[C@H](C)/C=C/C=CC=C1C. The fourth-order valence-corrected chi connectivity index (χ4v) is 18.4. The Balaban J connectivity index is 0.482. The molecule has 7 aromatic rings. The number of nitrogens with zero attached hydrogens (tertiary/aromatic N) is 14. The van der Waals surface area contributed by atoms with Crippen molar-refractivity contribution in [1.82, 2.24) is 69.7 Å². The van der Waals surface area contributed by atoms with Gasteiger partial charge in [-0.3, -0.25) is 28.8 Å². The first-order chi connectivity index (χ1) is 64.4. The zero-order valence-corrected chi connectivity index (χ0v) is 78.2. The number of hydrogen-bond donors (Lipinski definition) is 4. The van der Waals surface area contributed by atoms with Crippen LogP contribution in [-0.4, -0.2) is 285 Å². The summed E-state index contributed by atoms with van der Waals surface area (Å²) in [6, 6.07) is 9.27. The van der Waals surface area contributed by atoms with Gasteiger partial charge in [0.1, 0.15) is 65.8 Å². The molecule has 35 nitrogen and oxygen atoms in total. The summed E-state index contributed by atoms with van der Waals surface area (Å²) in [6.07, 6.45) is 25.0. The number of carbonyl (C=O) groups excluding carboxylic acids is 8. The van der Waals surface area contributed by atoms with E-state index in [0.717, 1.165) is 39.7 Å². The Bertz CT molecular complexity index is 5220. The maximum absolute atomic E-state index is 14.6. The number of piperazine rings is 1. The molecule has 6 aliphatic rings. The molecular formula is C98H131N17O18. The van der Waals surface area contributed by atoms with Gasteiger partial charge in [0, 0.05) is 152 Å². The van der Waals surface area contributed by atoms with E-state index in [0.29, 0.717) is 220 Å². The number of hydrogen-bond acceptors (Lipinski definition) is 29. The number of pyridine rings is 1. The third-order valence-corrected chi connectivity index (χ3v) is 26.3. The van der Waals surface area contributed by atoms with Crippen molar-refractivity contribution in [3.8, 4) is 11.3 Å². The number of methoxy groups -OCH3 is 2. The molecule has 2 unspecified atom stereocenters. The van der Waals surface area contributed by atoms with Crippen molar-refractivity contribution in [1.29, 1.82) is 0 Å². The first kappa shape index (κ1) is 99.3. The number of anilines is 3. The molecular weight excluding hydrogens is 1700 g/mol. The van der Waals surface area contributed by atoms with Crippen LogP contribution in [0.3, 0.4) is 0 Å². The number of cyclic esters (lactones) is 1. The number of nitrogen functional groups attached to an aromatic ring is 1. The standard InChI is InChI=1S/C98H131N17O18/c1-62-15-11-10-12-16-63(2)81(125-8)52-78-24-18-64(3)88(131-78)87(120)94(122)114-33-14-13-17-79(114)95(123)132-77(51-80(116)65(4)48-67(6)86(119)89(126-9)85(118)66(5)47-62)27-22-68-20-25-76(26-21-68)133-98(124)110(7)58-70-53-103-96(104-54-70)111-35-37-112(38-36-111)97-105-56-75(57-106-97)93(121)101-32-40-128-42-44-130-46-45-129-43-41-127-39-30-82(117)113-34-29-71-49-69(19-23-73(71)60-113)59-115-92-83(90(99)107-61-108-92)84(109-115)74-50-72-28-31-100-91(72)102-55-74/h10-12,15-16,19,23,28,31,48-50,53-57,61-62,64-66,68,76-79,81,86,88-89,119H,13-14,17-18,20-22,24-27,29-30,32-47,51-52,58-60H2,1-9H3,(H,100,102)(H,101,121)(H2,99,107,108)/b12-10?,15-11+,63-16?,67-48+/t62-,64-,65-,66-,68?,76?,77-,78?,79+,81+,86-,88?,89+/m1/s1. The molecule has 1 saturated carbocycles. The number of rotatable bonds is 29. The average molecular weight is 1840 g/mol. The van der Waals surface area contributed by atoms with Crippen molar-refractivity contribution < 1.29 is 86.1 Å². The van der Waals surface area contributed by atoms with Crippen LogP contribution < -0.4 is 20.9 Å². The van der Waals surface area contributed by atoms with Gasteiger partial charge in [-0.15, -0.1) is 0 Å². The maximum Gasteiger partial charge on any atom is 0.410 e. The van der Waals surface area contributed by atoms with Crippen molar-refractivity contribution in [2.24, 2.45) is 29.6 Å². The first-order valence-electron chi connectivity index (χ1n) is 47.0. The molecule has 3 saturated heterocycles. The van der Waals surface area contributed by atoms with Crippen LogP contribution in [0.2, 0.25) is 0 Å². The van der Waals surface area contributed by atoms with Crippen molar-refractivity contribution in [3.05, 3.63) is 149 Å². The molecule has 0 radical (unpaired) electrons. The van der Waals surface area contributed by atoms with Crippen LogP contribution in [0.4, 0.5) is 22.5 Å². The van der Waals surface area contributed by atoms with Crippen LogP contribution in [0.1, 0.15) is 170 Å². The van der Waals surface area contributed by atoms with Gasteiger partial charge in [-0.1, -0.05) is 82.4 Å². The number of amides is 4. The fourth-order valence-electron chi connectivity index (χ4n) is 18.4. The van der Waals surface area contributed by atoms with E-state index in [-0.39, 0.29) is 105 Å². The fraction of sp³-hybridized carbons (Fsp3) is 0.571. The molecule has 716 valence electrons. The van der Waals surface area contributed by atoms with E-state index in [4.69, 9.17) is 53.5 Å². The van der Waals surface area contributed by atoms with Gasteiger partial charge >= 0.3 is 12.1 Å². The quantitative estimate of drug-likeness (QED) is 0.0146. The van der Waals surface area contributed by atoms with Gasteiger partial charge in [0.2, 0.25) is 23.6 Å². The number of fused-ring (bicyclic) bond motifs is 6. The highest BCUT2D eigenvalue weighted by Crippen LogP contribution is 2.37. The number of aliphatic hydroxyl groups is 1. The van der Waals surface area contributed by atoms with Crippen LogP contribution in [-0.2, 0) is 97.5 Å². The molecule has 4 fully saturated rings. The van der Waals surface area contributed by atoms with Crippen molar-refractivity contribution >= 4 is 86.9 Å². The summed E-state index contributed by atoms with van der Waals surface area (Å²) in [7, 11) is 4.68. The highest BCUT2D eigenvalue weighted by Gasteiger charge is 2.44. The number of ketones is 3. The van der Waals surface area contributed by atoms with E-state index in [1.165, 1.54) is 41.2 Å². The average Bonchev–Trinajstić information content (AvgIpc) is 1.61. The summed E-state index contributed by atoms with van der Waals surface area (Å²) in [4.78, 5) is 155. The molecule has 6 aromatic heterocycles. The molecule has 2 bridgehead atoms. The number of benzene rings is 1. The van der Waals surface area contributed by atoms with Gasteiger partial charge in [0.05, 0.1) is 95.5 Å². The van der Waals surface area contributed by atoms with Gasteiger partial charge in [0.15, 0.2) is 11.4 Å². The Morgan fingerprint density at radius 3 is 2.13 bits per heavy atom. The van der Waals surface area contributed by atoms with Crippen LogP contribution in [0.5, 0.6) is 0 Å². The zero-order valence-electron chi connectivity index (χ0n) is 78.2. The summed E-state index contributed by atoms with van der Waals surface area (Å²) in [5, 5.41) is 21.1. The number of piperidine rings is 1. The number of ether oxygens (including phenoxy) is 9. The van der Waals surface area contributed by atoms with Gasteiger partial charge in [0.25, 0.3) is 11.8 Å². The largest absolute Gasteiger partial charge is 0.460 e. The molecule has 35 heteroatoms. The Hall–Kier alpha value is -11.2. The number of nitrogens with one attached hydrogen (secondary N) is 2. The number of allylic oxidation sites excluding steroid dienone is 6. The Morgan fingerprint density at radius 1 is 0.707 bits per heavy atom. The Labute approximate surface area is 777 Å². The van der Waals surface area contributed by atoms with Crippen LogP contribution >= 0.6 is 0 Å². The van der Waals surface area contributed by atoms with Gasteiger partial charge in [-0.05, 0) is 155 Å². The minimum atomic E-state index is -1.34. The van der Waals surface area contributed by atoms with E-state index >= 15 is 0 Å². The number of aromatic nitrogens is 10.